The number of cyclic esters (lactones) is 1. The first-order valence-electron chi connectivity index (χ1n) is 6.70. The van der Waals surface area contributed by atoms with Gasteiger partial charge in [-0.1, -0.05) is 6.58 Å². The van der Waals surface area contributed by atoms with Crippen molar-refractivity contribution < 1.29 is 19.1 Å². The van der Waals surface area contributed by atoms with Gasteiger partial charge in [-0.2, -0.15) is 0 Å². The van der Waals surface area contributed by atoms with Crippen LogP contribution in [-0.4, -0.2) is 24.6 Å². The summed E-state index contributed by atoms with van der Waals surface area (Å²) < 4.78 is 10.7. The lowest BCUT2D eigenvalue weighted by Gasteiger charge is -2.41. The highest BCUT2D eigenvalue weighted by atomic mass is 16.6. The van der Waals surface area contributed by atoms with Crippen LogP contribution >= 0.6 is 0 Å². The van der Waals surface area contributed by atoms with Crippen molar-refractivity contribution >= 4 is 11.9 Å². The van der Waals surface area contributed by atoms with E-state index in [2.05, 4.69) is 6.58 Å². The first-order chi connectivity index (χ1) is 8.63. The molecule has 1 spiro atoms. The van der Waals surface area contributed by atoms with Gasteiger partial charge in [-0.15, -0.1) is 0 Å². The van der Waals surface area contributed by atoms with Gasteiger partial charge in [0.05, 0.1) is 6.61 Å². The summed E-state index contributed by atoms with van der Waals surface area (Å²) in [5, 5.41) is 0. The molecule has 0 aromatic rings. The highest BCUT2D eigenvalue weighted by Gasteiger charge is 2.64. The van der Waals surface area contributed by atoms with Gasteiger partial charge >= 0.3 is 11.9 Å². The number of fused-ring (bicyclic) bond motifs is 2. The fraction of sp³-hybridized carbons (Fsp3) is 0.714. The summed E-state index contributed by atoms with van der Waals surface area (Å²) in [5.41, 5.74) is -0.438. The highest BCUT2D eigenvalue weighted by Crippen LogP contribution is 2.61. The summed E-state index contributed by atoms with van der Waals surface area (Å²) in [7, 11) is 0. The Kier molecular flexibility index (Phi) is 1.86. The van der Waals surface area contributed by atoms with Crippen LogP contribution in [0.15, 0.2) is 12.2 Å². The summed E-state index contributed by atoms with van der Waals surface area (Å²) in [4.78, 5) is 24.3. The lowest BCUT2D eigenvalue weighted by Crippen LogP contribution is -2.47. The maximum atomic E-state index is 12.2. The maximum absolute atomic E-state index is 12.2. The van der Waals surface area contributed by atoms with Crippen molar-refractivity contribution in [1.29, 1.82) is 0 Å². The average Bonchev–Trinajstić information content (AvgIpc) is 3.00. The Labute approximate surface area is 105 Å². The van der Waals surface area contributed by atoms with Crippen LogP contribution < -0.4 is 0 Å². The van der Waals surface area contributed by atoms with Gasteiger partial charge < -0.3 is 9.47 Å². The SMILES string of the molecule is C=C1C(=O)OC2CC3CC2CC3C12CCOC2=O. The molecule has 96 valence electrons. The monoisotopic (exact) mass is 248 g/mol. The van der Waals surface area contributed by atoms with E-state index in [1.807, 2.05) is 0 Å². The molecule has 0 amide bonds. The molecule has 0 N–H and O–H groups in total. The zero-order valence-corrected chi connectivity index (χ0v) is 10.2. The van der Waals surface area contributed by atoms with E-state index >= 15 is 0 Å². The smallest absolute Gasteiger partial charge is 0.334 e. The first-order valence-corrected chi connectivity index (χ1v) is 6.70. The largest absolute Gasteiger partial charge is 0.465 e. The second-order valence-electron chi connectivity index (χ2n) is 6.11. The maximum Gasteiger partial charge on any atom is 0.334 e. The van der Waals surface area contributed by atoms with Crippen LogP contribution in [0.4, 0.5) is 0 Å². The molecular weight excluding hydrogens is 232 g/mol. The van der Waals surface area contributed by atoms with E-state index in [9.17, 15) is 9.59 Å². The fourth-order valence-corrected chi connectivity index (χ4v) is 4.73. The molecular formula is C14H16O4. The summed E-state index contributed by atoms with van der Waals surface area (Å²) in [5.74, 6) is 0.557. The summed E-state index contributed by atoms with van der Waals surface area (Å²) >= 11 is 0. The van der Waals surface area contributed by atoms with Crippen LogP contribution in [0.25, 0.3) is 0 Å². The number of carbonyl (C=O) groups is 2. The molecule has 5 rings (SSSR count). The second-order valence-corrected chi connectivity index (χ2v) is 6.11. The molecule has 3 aliphatic heterocycles. The standard InChI is InChI=1S/C14H16O4/c1-7-12(15)18-11-6-8-4-9(11)5-10(8)14(7)2-3-17-13(14)16/h8-11H,1-6H2. The molecule has 0 aromatic heterocycles. The van der Waals surface area contributed by atoms with Gasteiger partial charge in [0.15, 0.2) is 0 Å². The van der Waals surface area contributed by atoms with E-state index < -0.39 is 5.41 Å². The van der Waals surface area contributed by atoms with E-state index in [1.54, 1.807) is 0 Å². The van der Waals surface area contributed by atoms with Gasteiger partial charge in [-0.05, 0) is 37.0 Å². The molecule has 3 saturated heterocycles. The van der Waals surface area contributed by atoms with Crippen LogP contribution in [0.5, 0.6) is 0 Å². The van der Waals surface area contributed by atoms with Crippen molar-refractivity contribution in [1.82, 2.24) is 0 Å². The normalized spacial score (nSPS) is 49.4. The number of esters is 2. The molecule has 2 saturated carbocycles. The molecule has 4 bridgehead atoms. The minimum atomic E-state index is -0.776. The number of hydrogen-bond acceptors (Lipinski definition) is 4. The molecule has 4 nitrogen and oxygen atoms in total. The quantitative estimate of drug-likeness (QED) is 0.481. The van der Waals surface area contributed by atoms with Crippen molar-refractivity contribution in [3.63, 3.8) is 0 Å². The van der Waals surface area contributed by atoms with Gasteiger partial charge in [0, 0.05) is 12.0 Å². The van der Waals surface area contributed by atoms with Gasteiger partial charge in [-0.3, -0.25) is 4.79 Å². The Bertz CT molecular complexity index is 468. The summed E-state index contributed by atoms with van der Waals surface area (Å²) in [6, 6.07) is 0. The zero-order valence-electron chi connectivity index (χ0n) is 10.2. The molecule has 5 atom stereocenters. The number of carbonyl (C=O) groups excluding carboxylic acids is 2. The van der Waals surface area contributed by atoms with Crippen LogP contribution in [0.2, 0.25) is 0 Å². The van der Waals surface area contributed by atoms with Gasteiger partial charge in [0.1, 0.15) is 11.5 Å². The van der Waals surface area contributed by atoms with Crippen LogP contribution in [0.1, 0.15) is 25.7 Å². The third-order valence-electron chi connectivity index (χ3n) is 5.56. The first kappa shape index (κ1) is 10.6. The fourth-order valence-electron chi connectivity index (χ4n) is 4.73. The van der Waals surface area contributed by atoms with Gasteiger partial charge in [0.2, 0.25) is 0 Å². The number of rotatable bonds is 0. The lowest BCUT2D eigenvalue weighted by atomic mass is 9.62. The predicted molar refractivity (Wildman–Crippen MR) is 61.4 cm³/mol. The molecule has 0 radical (unpaired) electrons. The predicted octanol–water partition coefficient (Wildman–Crippen LogP) is 1.45. The van der Waals surface area contributed by atoms with E-state index in [0.717, 1.165) is 19.3 Å². The van der Waals surface area contributed by atoms with Crippen molar-refractivity contribution in [2.45, 2.75) is 31.8 Å². The summed E-state index contributed by atoms with van der Waals surface area (Å²) in [6.45, 7) is 4.28. The third-order valence-corrected chi connectivity index (χ3v) is 5.56. The molecule has 5 unspecified atom stereocenters. The minimum absolute atomic E-state index is 0.0604. The van der Waals surface area contributed by atoms with E-state index in [1.165, 1.54) is 0 Å². The van der Waals surface area contributed by atoms with E-state index in [-0.39, 0.29) is 24.0 Å². The Morgan fingerprint density at radius 1 is 1.17 bits per heavy atom. The van der Waals surface area contributed by atoms with Crippen LogP contribution in [0.3, 0.4) is 0 Å². The average molecular weight is 248 g/mol. The van der Waals surface area contributed by atoms with Crippen molar-refractivity contribution in [3.05, 3.63) is 12.2 Å². The van der Waals surface area contributed by atoms with Crippen molar-refractivity contribution in [3.8, 4) is 0 Å². The van der Waals surface area contributed by atoms with E-state index in [4.69, 9.17) is 9.47 Å². The molecule has 3 heterocycles. The second kappa shape index (κ2) is 3.16. The molecule has 18 heavy (non-hydrogen) atoms. The molecule has 4 heteroatoms. The Hall–Kier alpha value is -1.32. The zero-order chi connectivity index (χ0) is 12.5. The third kappa shape index (κ3) is 1.03. The highest BCUT2D eigenvalue weighted by molar-refractivity contribution is 5.99. The summed E-state index contributed by atoms with van der Waals surface area (Å²) in [6.07, 6.45) is 3.65. The number of hydrogen-bond donors (Lipinski definition) is 0. The molecule has 5 fully saturated rings. The Morgan fingerprint density at radius 2 is 2.00 bits per heavy atom. The Balaban J connectivity index is 1.86. The van der Waals surface area contributed by atoms with Crippen LogP contribution in [-0.2, 0) is 19.1 Å². The van der Waals surface area contributed by atoms with Gasteiger partial charge in [0.25, 0.3) is 0 Å². The molecule has 5 aliphatic rings. The molecule has 2 aliphatic carbocycles. The van der Waals surface area contributed by atoms with Crippen LogP contribution in [0, 0.1) is 23.2 Å². The number of ether oxygens (including phenoxy) is 2. The molecule has 0 aromatic carbocycles. The van der Waals surface area contributed by atoms with Crippen molar-refractivity contribution in [2.24, 2.45) is 23.2 Å². The Morgan fingerprint density at radius 3 is 2.61 bits per heavy atom. The van der Waals surface area contributed by atoms with Gasteiger partial charge in [-0.25, -0.2) is 4.79 Å². The topological polar surface area (TPSA) is 52.6 Å². The lowest BCUT2D eigenvalue weighted by molar-refractivity contribution is -0.161. The van der Waals surface area contributed by atoms with E-state index in [0.29, 0.717) is 30.4 Å². The van der Waals surface area contributed by atoms with Crippen molar-refractivity contribution in [2.75, 3.05) is 6.61 Å². The minimum Gasteiger partial charge on any atom is -0.465 e.